The SMILES string of the molecule is C=C.CCCC(CC)NCCCNCCn1nnc(CNc2nc(Cl)nc3c2ncn3C2CCCCO2)n1.CS. The number of hydrogen-bond acceptors (Lipinski definition) is 11. The molecule has 2 unspecified atom stereocenters. The van der Waals surface area contributed by atoms with Crippen molar-refractivity contribution in [3.63, 3.8) is 0 Å². The minimum atomic E-state index is -0.0803. The zero-order chi connectivity index (χ0) is 29.2. The number of thiol groups is 1. The second kappa shape index (κ2) is 19.7. The molecule has 12 nitrogen and oxygen atoms in total. The van der Waals surface area contributed by atoms with Crippen molar-refractivity contribution in [3.05, 3.63) is 30.6 Å². The van der Waals surface area contributed by atoms with Crippen LogP contribution in [0.4, 0.5) is 5.82 Å². The van der Waals surface area contributed by atoms with Gasteiger partial charge in [-0.2, -0.15) is 27.4 Å². The lowest BCUT2D eigenvalue weighted by Gasteiger charge is -2.23. The largest absolute Gasteiger partial charge is 0.361 e. The van der Waals surface area contributed by atoms with Crippen LogP contribution >= 0.6 is 24.2 Å². The molecule has 1 fully saturated rings. The molecule has 0 saturated carbocycles. The van der Waals surface area contributed by atoms with Crippen molar-refractivity contribution in [2.24, 2.45) is 0 Å². The van der Waals surface area contributed by atoms with Gasteiger partial charge in [-0.15, -0.1) is 23.4 Å². The summed E-state index contributed by atoms with van der Waals surface area (Å²) in [4.78, 5) is 14.8. The van der Waals surface area contributed by atoms with E-state index in [1.807, 2.05) is 4.57 Å². The van der Waals surface area contributed by atoms with Crippen LogP contribution in [0.1, 0.15) is 70.8 Å². The molecule has 1 aliphatic rings. The van der Waals surface area contributed by atoms with Crippen molar-refractivity contribution in [3.8, 4) is 0 Å². The van der Waals surface area contributed by atoms with Gasteiger partial charge in [0.15, 0.2) is 22.8 Å². The zero-order valence-corrected chi connectivity index (χ0v) is 25.8. The van der Waals surface area contributed by atoms with Crippen molar-refractivity contribution in [2.75, 3.05) is 37.8 Å². The van der Waals surface area contributed by atoms with Gasteiger partial charge < -0.3 is 20.7 Å². The van der Waals surface area contributed by atoms with Crippen LogP contribution in [0, 0.1) is 0 Å². The molecule has 14 heteroatoms. The van der Waals surface area contributed by atoms with Gasteiger partial charge in [0, 0.05) is 19.2 Å². The monoisotopic (exact) mass is 595 g/mol. The summed E-state index contributed by atoms with van der Waals surface area (Å²) in [5.41, 5.74) is 1.29. The van der Waals surface area contributed by atoms with Crippen LogP contribution in [-0.2, 0) is 17.8 Å². The van der Waals surface area contributed by atoms with Crippen molar-refractivity contribution >= 4 is 41.2 Å². The molecular weight excluding hydrogens is 550 g/mol. The molecule has 0 aromatic carbocycles. The van der Waals surface area contributed by atoms with Gasteiger partial charge in [0.05, 0.1) is 19.4 Å². The Morgan fingerprint density at radius 2 is 2.00 bits per heavy atom. The number of nitrogens with zero attached hydrogens (tertiary/aromatic N) is 8. The number of ether oxygens (including phenoxy) is 1. The van der Waals surface area contributed by atoms with E-state index in [2.05, 4.69) is 85.9 Å². The van der Waals surface area contributed by atoms with E-state index in [-0.39, 0.29) is 11.5 Å². The number of imidazole rings is 1. The lowest BCUT2D eigenvalue weighted by atomic mass is 10.1. The molecule has 3 aromatic rings. The summed E-state index contributed by atoms with van der Waals surface area (Å²) in [6, 6.07) is 0.637. The first-order chi connectivity index (χ1) is 19.7. The summed E-state index contributed by atoms with van der Waals surface area (Å²) < 4.78 is 7.81. The van der Waals surface area contributed by atoms with E-state index in [1.165, 1.54) is 19.3 Å². The van der Waals surface area contributed by atoms with E-state index < -0.39 is 0 Å². The highest BCUT2D eigenvalue weighted by molar-refractivity contribution is 7.79. The highest BCUT2D eigenvalue weighted by Crippen LogP contribution is 2.28. The van der Waals surface area contributed by atoms with Gasteiger partial charge in [-0.3, -0.25) is 4.57 Å². The van der Waals surface area contributed by atoms with Gasteiger partial charge in [-0.25, -0.2) is 4.98 Å². The van der Waals surface area contributed by atoms with E-state index in [0.29, 0.717) is 41.9 Å². The Bertz CT molecular complexity index is 1090. The van der Waals surface area contributed by atoms with Gasteiger partial charge in [0.2, 0.25) is 5.28 Å². The summed E-state index contributed by atoms with van der Waals surface area (Å²) in [6.07, 6.45) is 11.2. The fourth-order valence-corrected chi connectivity index (χ4v) is 4.56. The van der Waals surface area contributed by atoms with Gasteiger partial charge in [0.25, 0.3) is 0 Å². The highest BCUT2D eigenvalue weighted by Gasteiger charge is 2.21. The molecule has 40 heavy (non-hydrogen) atoms. The quantitative estimate of drug-likeness (QED) is 0.0873. The minimum Gasteiger partial charge on any atom is -0.361 e. The van der Waals surface area contributed by atoms with Crippen molar-refractivity contribution < 1.29 is 4.74 Å². The third-order valence-electron chi connectivity index (χ3n) is 6.35. The topological polar surface area (TPSA) is 133 Å². The van der Waals surface area contributed by atoms with E-state index in [4.69, 9.17) is 16.3 Å². The summed E-state index contributed by atoms with van der Waals surface area (Å²) in [7, 11) is 0. The molecule has 3 N–H and O–H groups in total. The number of rotatable bonds is 15. The Kier molecular flexibility index (Phi) is 16.7. The molecule has 1 saturated heterocycles. The number of hydrogen-bond donors (Lipinski definition) is 4. The maximum atomic E-state index is 6.21. The van der Waals surface area contributed by atoms with Crippen molar-refractivity contribution in [1.82, 2.24) is 50.4 Å². The normalized spacial score (nSPS) is 15.6. The number of aromatic nitrogens is 8. The Labute approximate surface area is 248 Å². The minimum absolute atomic E-state index is 0.0803. The maximum Gasteiger partial charge on any atom is 0.226 e. The maximum absolute atomic E-state index is 6.21. The molecule has 224 valence electrons. The van der Waals surface area contributed by atoms with E-state index in [0.717, 1.165) is 51.9 Å². The van der Waals surface area contributed by atoms with E-state index in [9.17, 15) is 0 Å². The molecule has 0 bridgehead atoms. The molecule has 1 aliphatic heterocycles. The first kappa shape index (κ1) is 33.9. The van der Waals surface area contributed by atoms with Gasteiger partial charge in [-0.1, -0.05) is 20.3 Å². The number of fused-ring (bicyclic) bond motifs is 1. The molecule has 0 aliphatic carbocycles. The van der Waals surface area contributed by atoms with E-state index >= 15 is 0 Å². The van der Waals surface area contributed by atoms with Crippen molar-refractivity contribution in [1.29, 1.82) is 0 Å². The smallest absolute Gasteiger partial charge is 0.226 e. The zero-order valence-electron chi connectivity index (χ0n) is 24.1. The third kappa shape index (κ3) is 10.6. The summed E-state index contributed by atoms with van der Waals surface area (Å²) in [5.74, 6) is 1.11. The van der Waals surface area contributed by atoms with Crippen LogP contribution in [0.5, 0.6) is 0 Å². The van der Waals surface area contributed by atoms with Crippen LogP contribution in [0.15, 0.2) is 19.5 Å². The van der Waals surface area contributed by atoms with Crippen LogP contribution in [0.2, 0.25) is 5.28 Å². The van der Waals surface area contributed by atoms with Gasteiger partial charge >= 0.3 is 0 Å². The highest BCUT2D eigenvalue weighted by atomic mass is 35.5. The second-order valence-corrected chi connectivity index (χ2v) is 9.43. The van der Waals surface area contributed by atoms with Crippen LogP contribution in [0.25, 0.3) is 11.2 Å². The molecule has 0 radical (unpaired) electrons. The molecule has 4 heterocycles. The number of anilines is 1. The Balaban J connectivity index is 0.00000134. The van der Waals surface area contributed by atoms with Crippen molar-refractivity contribution in [2.45, 2.75) is 84.2 Å². The first-order valence-corrected chi connectivity index (χ1v) is 15.4. The standard InChI is InChI=1S/C23H38ClN11O.C2H4.CH4S/c1-3-8-17(4-2)26-11-7-10-25-12-13-35-32-18(31-33-35)15-27-21-20-22(30-23(24)29-21)34(16-28-20)19-9-5-6-14-36-19;2*1-2/h16-17,19,25-26H,3-15H2,1-2H3,(H,27,29,30);1-2H2;2H,1H3. The molecule has 3 aromatic heterocycles. The fraction of sp³-hybridized carbons (Fsp3) is 0.692. The fourth-order valence-electron chi connectivity index (χ4n) is 4.39. The summed E-state index contributed by atoms with van der Waals surface area (Å²) in [5, 5.41) is 23.2. The lowest BCUT2D eigenvalue weighted by Crippen LogP contribution is -2.31. The molecule has 4 rings (SSSR count). The third-order valence-corrected chi connectivity index (χ3v) is 6.52. The predicted octanol–water partition coefficient (Wildman–Crippen LogP) is 4.27. The average Bonchev–Trinajstić information content (AvgIpc) is 3.64. The number of nitrogens with one attached hydrogen (secondary N) is 3. The molecular formula is C26H46ClN11OS. The Hall–Kier alpha value is -2.32. The Morgan fingerprint density at radius 1 is 1.18 bits per heavy atom. The van der Waals surface area contributed by atoms with E-state index in [1.54, 1.807) is 17.4 Å². The first-order valence-electron chi connectivity index (χ1n) is 14.1. The van der Waals surface area contributed by atoms with Crippen LogP contribution in [0.3, 0.4) is 0 Å². The second-order valence-electron chi connectivity index (χ2n) is 9.09. The lowest BCUT2D eigenvalue weighted by molar-refractivity contribution is -0.0298. The van der Waals surface area contributed by atoms with Crippen LogP contribution < -0.4 is 16.0 Å². The average molecular weight is 596 g/mol. The summed E-state index contributed by atoms with van der Waals surface area (Å²) in [6.45, 7) is 15.0. The molecule has 2 atom stereocenters. The van der Waals surface area contributed by atoms with Crippen LogP contribution in [-0.4, -0.2) is 78.3 Å². The number of halogens is 1. The summed E-state index contributed by atoms with van der Waals surface area (Å²) >= 11 is 9.74. The molecule has 0 amide bonds. The van der Waals surface area contributed by atoms with Gasteiger partial charge in [0.1, 0.15) is 6.23 Å². The Morgan fingerprint density at radius 3 is 2.73 bits per heavy atom. The predicted molar refractivity (Wildman–Crippen MR) is 165 cm³/mol. The number of tetrazole rings is 1. The molecule has 0 spiro atoms. The van der Waals surface area contributed by atoms with Gasteiger partial charge in [-0.05, 0) is 74.7 Å².